The molecule has 0 radical (unpaired) electrons. The van der Waals surface area contributed by atoms with Crippen molar-refractivity contribution in [1.29, 1.82) is 0 Å². The van der Waals surface area contributed by atoms with Crippen LogP contribution in [0.1, 0.15) is 50.8 Å². The van der Waals surface area contributed by atoms with E-state index in [2.05, 4.69) is 65.1 Å². The lowest BCUT2D eigenvalue weighted by molar-refractivity contribution is 0.590. The Balaban J connectivity index is 2.71. The third kappa shape index (κ3) is 2.79. The summed E-state index contributed by atoms with van der Waals surface area (Å²) in [7, 11) is 0. The molecule has 20 heavy (non-hydrogen) atoms. The molecule has 1 aromatic carbocycles. The molecular formula is C18H26N2. The first-order valence-electron chi connectivity index (χ1n) is 7.50. The zero-order chi connectivity index (χ0) is 14.9. The van der Waals surface area contributed by atoms with Gasteiger partial charge in [-0.05, 0) is 42.9 Å². The number of nitrogens with zero attached hydrogens (tertiary/aromatic N) is 1. The summed E-state index contributed by atoms with van der Waals surface area (Å²) < 4.78 is 0. The molecule has 0 saturated heterocycles. The Morgan fingerprint density at radius 2 is 1.75 bits per heavy atom. The summed E-state index contributed by atoms with van der Waals surface area (Å²) in [5.74, 6) is 1.04. The molecule has 0 unspecified atom stereocenters. The van der Waals surface area contributed by atoms with Crippen LogP contribution in [0.15, 0.2) is 18.2 Å². The van der Waals surface area contributed by atoms with Crippen LogP contribution in [0.2, 0.25) is 0 Å². The zero-order valence-corrected chi connectivity index (χ0v) is 13.6. The average molecular weight is 270 g/mol. The summed E-state index contributed by atoms with van der Waals surface area (Å²) in [6.45, 7) is 14.2. The number of hydrogen-bond donors (Lipinski definition) is 1. The van der Waals surface area contributed by atoms with Crippen LogP contribution < -0.4 is 5.32 Å². The fourth-order valence-corrected chi connectivity index (χ4v) is 2.48. The van der Waals surface area contributed by atoms with Crippen molar-refractivity contribution in [1.82, 2.24) is 4.98 Å². The molecule has 0 fully saturated rings. The van der Waals surface area contributed by atoms with Gasteiger partial charge in [0.2, 0.25) is 0 Å². The number of pyridine rings is 1. The normalized spacial score (nSPS) is 11.9. The topological polar surface area (TPSA) is 24.9 Å². The van der Waals surface area contributed by atoms with E-state index in [0.717, 1.165) is 24.3 Å². The molecule has 1 N–H and O–H groups in total. The Labute approximate surface area is 122 Å². The van der Waals surface area contributed by atoms with E-state index < -0.39 is 0 Å². The molecule has 108 valence electrons. The minimum Gasteiger partial charge on any atom is -0.370 e. The van der Waals surface area contributed by atoms with E-state index in [4.69, 9.17) is 4.98 Å². The van der Waals surface area contributed by atoms with Crippen molar-refractivity contribution in [2.24, 2.45) is 0 Å². The SMILES string of the molecule is CCCNc1nc2c(C)ccc(C)c2cc1C(C)(C)C. The van der Waals surface area contributed by atoms with Crippen LogP contribution in [0.4, 0.5) is 5.82 Å². The highest BCUT2D eigenvalue weighted by Gasteiger charge is 2.20. The van der Waals surface area contributed by atoms with Crippen LogP contribution in [-0.2, 0) is 5.41 Å². The van der Waals surface area contributed by atoms with E-state index in [9.17, 15) is 0 Å². The van der Waals surface area contributed by atoms with Crippen LogP contribution in [-0.4, -0.2) is 11.5 Å². The van der Waals surface area contributed by atoms with Gasteiger partial charge < -0.3 is 5.32 Å². The van der Waals surface area contributed by atoms with Crippen molar-refractivity contribution in [3.8, 4) is 0 Å². The standard InChI is InChI=1S/C18H26N2/c1-7-10-19-17-15(18(4,5)6)11-14-12(2)8-9-13(3)16(14)20-17/h8-9,11H,7,10H2,1-6H3,(H,19,20). The molecule has 0 aliphatic carbocycles. The summed E-state index contributed by atoms with van der Waals surface area (Å²) in [6, 6.07) is 6.67. The number of fused-ring (bicyclic) bond motifs is 1. The summed E-state index contributed by atoms with van der Waals surface area (Å²) in [4.78, 5) is 4.93. The van der Waals surface area contributed by atoms with Gasteiger partial charge in [0, 0.05) is 17.5 Å². The maximum absolute atomic E-state index is 4.93. The largest absolute Gasteiger partial charge is 0.370 e. The minimum absolute atomic E-state index is 0.0907. The first-order chi connectivity index (χ1) is 9.34. The van der Waals surface area contributed by atoms with Crippen molar-refractivity contribution >= 4 is 16.7 Å². The molecule has 1 heterocycles. The highest BCUT2D eigenvalue weighted by atomic mass is 15.0. The quantitative estimate of drug-likeness (QED) is 0.851. The maximum atomic E-state index is 4.93. The number of aryl methyl sites for hydroxylation is 2. The molecule has 2 aromatic rings. The van der Waals surface area contributed by atoms with Gasteiger partial charge >= 0.3 is 0 Å². The van der Waals surface area contributed by atoms with Gasteiger partial charge in [0.05, 0.1) is 5.52 Å². The number of hydrogen-bond acceptors (Lipinski definition) is 2. The summed E-state index contributed by atoms with van der Waals surface area (Å²) in [5, 5.41) is 4.77. The number of anilines is 1. The maximum Gasteiger partial charge on any atom is 0.130 e. The molecule has 0 aliphatic rings. The molecular weight excluding hydrogens is 244 g/mol. The number of rotatable bonds is 3. The number of aromatic nitrogens is 1. The van der Waals surface area contributed by atoms with Crippen molar-refractivity contribution < 1.29 is 0 Å². The molecule has 1 aromatic heterocycles. The molecule has 0 atom stereocenters. The Hall–Kier alpha value is -1.57. The van der Waals surface area contributed by atoms with E-state index in [-0.39, 0.29) is 5.41 Å². The van der Waals surface area contributed by atoms with Crippen LogP contribution in [0.3, 0.4) is 0 Å². The van der Waals surface area contributed by atoms with E-state index in [1.54, 1.807) is 0 Å². The third-order valence-corrected chi connectivity index (χ3v) is 3.75. The third-order valence-electron chi connectivity index (χ3n) is 3.75. The summed E-state index contributed by atoms with van der Waals surface area (Å²) >= 11 is 0. The van der Waals surface area contributed by atoms with Gasteiger partial charge in [-0.1, -0.05) is 39.8 Å². The van der Waals surface area contributed by atoms with Gasteiger partial charge in [0.15, 0.2) is 0 Å². The van der Waals surface area contributed by atoms with Gasteiger partial charge in [-0.3, -0.25) is 0 Å². The van der Waals surface area contributed by atoms with Crippen molar-refractivity contribution in [2.75, 3.05) is 11.9 Å². The predicted molar refractivity (Wildman–Crippen MR) is 88.7 cm³/mol. The Morgan fingerprint density at radius 3 is 2.35 bits per heavy atom. The van der Waals surface area contributed by atoms with E-state index in [1.165, 1.54) is 22.1 Å². The monoisotopic (exact) mass is 270 g/mol. The van der Waals surface area contributed by atoms with Gasteiger partial charge in [-0.25, -0.2) is 4.98 Å². The molecule has 0 amide bonds. The first kappa shape index (κ1) is 14.8. The smallest absolute Gasteiger partial charge is 0.130 e. The average Bonchev–Trinajstić information content (AvgIpc) is 2.39. The Kier molecular flexibility index (Phi) is 4.03. The molecule has 0 bridgehead atoms. The lowest BCUT2D eigenvalue weighted by Crippen LogP contribution is -2.17. The van der Waals surface area contributed by atoms with Gasteiger partial charge in [0.1, 0.15) is 5.82 Å². The fourth-order valence-electron chi connectivity index (χ4n) is 2.48. The molecule has 2 heteroatoms. The molecule has 2 nitrogen and oxygen atoms in total. The predicted octanol–water partition coefficient (Wildman–Crippen LogP) is 4.97. The van der Waals surface area contributed by atoms with Crippen LogP contribution in [0.25, 0.3) is 10.9 Å². The Bertz CT molecular complexity index is 621. The summed E-state index contributed by atoms with van der Waals surface area (Å²) in [5.41, 5.74) is 5.05. The second kappa shape index (κ2) is 5.43. The molecule has 0 spiro atoms. The zero-order valence-electron chi connectivity index (χ0n) is 13.6. The second-order valence-electron chi connectivity index (χ2n) is 6.66. The second-order valence-corrected chi connectivity index (χ2v) is 6.66. The van der Waals surface area contributed by atoms with Gasteiger partial charge in [-0.2, -0.15) is 0 Å². The van der Waals surface area contributed by atoms with Crippen LogP contribution in [0.5, 0.6) is 0 Å². The van der Waals surface area contributed by atoms with Crippen LogP contribution >= 0.6 is 0 Å². The highest BCUT2D eigenvalue weighted by Crippen LogP contribution is 2.33. The molecule has 0 saturated carbocycles. The van der Waals surface area contributed by atoms with E-state index in [0.29, 0.717) is 0 Å². The summed E-state index contributed by atoms with van der Waals surface area (Å²) in [6.07, 6.45) is 1.11. The lowest BCUT2D eigenvalue weighted by atomic mass is 9.86. The highest BCUT2D eigenvalue weighted by molar-refractivity contribution is 5.87. The molecule has 0 aliphatic heterocycles. The van der Waals surface area contributed by atoms with E-state index >= 15 is 0 Å². The van der Waals surface area contributed by atoms with Crippen molar-refractivity contribution in [3.63, 3.8) is 0 Å². The van der Waals surface area contributed by atoms with Crippen molar-refractivity contribution in [3.05, 3.63) is 34.9 Å². The van der Waals surface area contributed by atoms with E-state index in [1.807, 2.05) is 0 Å². The fraction of sp³-hybridized carbons (Fsp3) is 0.500. The Morgan fingerprint density at radius 1 is 1.10 bits per heavy atom. The molecule has 2 rings (SSSR count). The van der Waals surface area contributed by atoms with Gasteiger partial charge in [-0.15, -0.1) is 0 Å². The number of nitrogens with one attached hydrogen (secondary N) is 1. The lowest BCUT2D eigenvalue weighted by Gasteiger charge is -2.24. The minimum atomic E-state index is 0.0907. The van der Waals surface area contributed by atoms with Crippen molar-refractivity contribution in [2.45, 2.75) is 53.4 Å². The van der Waals surface area contributed by atoms with Crippen LogP contribution in [0, 0.1) is 13.8 Å². The number of benzene rings is 1. The van der Waals surface area contributed by atoms with Gasteiger partial charge in [0.25, 0.3) is 0 Å². The first-order valence-corrected chi connectivity index (χ1v) is 7.50.